The Kier molecular flexibility index (Phi) is 1.48. The molecular formula is C8H7ClN2O. The van der Waals surface area contributed by atoms with E-state index in [0.717, 1.165) is 11.1 Å². The van der Waals surface area contributed by atoms with Crippen molar-refractivity contribution in [3.05, 3.63) is 33.1 Å². The number of aryl methyl sites for hydroxylation is 1. The van der Waals surface area contributed by atoms with E-state index in [2.05, 4.69) is 10.2 Å². The lowest BCUT2D eigenvalue weighted by Gasteiger charge is -1.94. The van der Waals surface area contributed by atoms with Gasteiger partial charge in [-0.1, -0.05) is 11.6 Å². The molecule has 0 spiro atoms. The molecule has 1 aromatic carbocycles. The zero-order valence-corrected chi connectivity index (χ0v) is 7.20. The average Bonchev–Trinajstić information content (AvgIpc) is 2.31. The van der Waals surface area contributed by atoms with E-state index in [1.807, 2.05) is 6.92 Å². The molecule has 0 radical (unpaired) electrons. The number of H-pyrrole nitrogens is 2. The molecule has 0 saturated carbocycles. The second-order valence-electron chi connectivity index (χ2n) is 2.72. The van der Waals surface area contributed by atoms with Crippen LogP contribution in [0, 0.1) is 6.92 Å². The number of aromatic nitrogens is 2. The molecule has 62 valence electrons. The fraction of sp³-hybridized carbons (Fsp3) is 0.125. The molecule has 1 aromatic heterocycles. The van der Waals surface area contributed by atoms with Crippen LogP contribution in [0.25, 0.3) is 10.9 Å². The minimum Gasteiger partial charge on any atom is -0.297 e. The maximum absolute atomic E-state index is 11.2. The fourth-order valence-corrected chi connectivity index (χ4v) is 1.60. The molecule has 3 nitrogen and oxygen atoms in total. The number of rotatable bonds is 0. The number of fused-ring (bicyclic) bond motifs is 1. The summed E-state index contributed by atoms with van der Waals surface area (Å²) < 4.78 is 0. The Balaban J connectivity index is 3.03. The average molecular weight is 183 g/mol. The molecule has 0 unspecified atom stereocenters. The molecular weight excluding hydrogens is 176 g/mol. The third kappa shape index (κ3) is 0.940. The van der Waals surface area contributed by atoms with Crippen molar-refractivity contribution >= 4 is 22.5 Å². The van der Waals surface area contributed by atoms with Gasteiger partial charge in [0.25, 0.3) is 5.56 Å². The predicted molar refractivity (Wildman–Crippen MR) is 48.7 cm³/mol. The van der Waals surface area contributed by atoms with E-state index < -0.39 is 0 Å². The second-order valence-corrected chi connectivity index (χ2v) is 3.16. The summed E-state index contributed by atoms with van der Waals surface area (Å²) in [6.07, 6.45) is 0. The van der Waals surface area contributed by atoms with Gasteiger partial charge >= 0.3 is 0 Å². The molecule has 4 heteroatoms. The summed E-state index contributed by atoms with van der Waals surface area (Å²) in [5.74, 6) is 0. The summed E-state index contributed by atoms with van der Waals surface area (Å²) in [4.78, 5) is 11.2. The molecule has 2 aromatic rings. The Morgan fingerprint density at radius 3 is 2.83 bits per heavy atom. The minimum absolute atomic E-state index is 0.0980. The molecule has 2 rings (SSSR count). The third-order valence-electron chi connectivity index (χ3n) is 1.84. The van der Waals surface area contributed by atoms with E-state index >= 15 is 0 Å². The molecule has 1 heterocycles. The minimum atomic E-state index is -0.0980. The number of hydrogen-bond acceptors (Lipinski definition) is 1. The highest BCUT2D eigenvalue weighted by Crippen LogP contribution is 2.18. The smallest absolute Gasteiger partial charge is 0.272 e. The van der Waals surface area contributed by atoms with Crippen LogP contribution < -0.4 is 5.56 Å². The first-order valence-corrected chi connectivity index (χ1v) is 3.93. The van der Waals surface area contributed by atoms with Gasteiger partial charge in [0.05, 0.1) is 10.9 Å². The Hall–Kier alpha value is -1.22. The number of aromatic amines is 2. The standard InChI is InChI=1S/C8H7ClN2O/c1-4-2-5(9)3-6-7(4)8(12)11-10-6/h2-3H,1H3,(H2,10,11,12). The van der Waals surface area contributed by atoms with Gasteiger partial charge in [0.15, 0.2) is 0 Å². The first-order chi connectivity index (χ1) is 5.68. The summed E-state index contributed by atoms with van der Waals surface area (Å²) in [6, 6.07) is 3.49. The molecule has 0 aliphatic rings. The topological polar surface area (TPSA) is 48.6 Å². The molecule has 0 amide bonds. The summed E-state index contributed by atoms with van der Waals surface area (Å²) in [5, 5.41) is 6.57. The van der Waals surface area contributed by atoms with Crippen LogP contribution in [0.4, 0.5) is 0 Å². The van der Waals surface area contributed by atoms with E-state index in [1.54, 1.807) is 12.1 Å². The van der Waals surface area contributed by atoms with E-state index in [1.165, 1.54) is 0 Å². The van der Waals surface area contributed by atoms with Gasteiger partial charge < -0.3 is 0 Å². The predicted octanol–water partition coefficient (Wildman–Crippen LogP) is 1.82. The SMILES string of the molecule is Cc1cc(Cl)cc2[nH][nH]c(=O)c12. The van der Waals surface area contributed by atoms with Gasteiger partial charge in [-0.05, 0) is 24.6 Å². The van der Waals surface area contributed by atoms with Crippen molar-refractivity contribution in [1.82, 2.24) is 10.2 Å². The zero-order valence-electron chi connectivity index (χ0n) is 6.44. The first-order valence-electron chi connectivity index (χ1n) is 3.55. The maximum atomic E-state index is 11.2. The van der Waals surface area contributed by atoms with Crippen molar-refractivity contribution in [2.24, 2.45) is 0 Å². The van der Waals surface area contributed by atoms with Crippen LogP contribution in [0.2, 0.25) is 5.02 Å². The van der Waals surface area contributed by atoms with E-state index in [9.17, 15) is 4.79 Å². The molecule has 0 saturated heterocycles. The molecule has 0 fully saturated rings. The van der Waals surface area contributed by atoms with Crippen molar-refractivity contribution in [3.8, 4) is 0 Å². The molecule has 0 aliphatic heterocycles. The van der Waals surface area contributed by atoms with Crippen LogP contribution in [0.1, 0.15) is 5.56 Å². The molecule has 12 heavy (non-hydrogen) atoms. The Bertz CT molecular complexity index is 483. The summed E-state index contributed by atoms with van der Waals surface area (Å²) >= 11 is 5.80. The number of halogens is 1. The van der Waals surface area contributed by atoms with Gasteiger partial charge in [-0.3, -0.25) is 15.0 Å². The molecule has 0 atom stereocenters. The first kappa shape index (κ1) is 7.43. The van der Waals surface area contributed by atoms with E-state index in [4.69, 9.17) is 11.6 Å². The van der Waals surface area contributed by atoms with E-state index in [0.29, 0.717) is 10.4 Å². The van der Waals surface area contributed by atoms with E-state index in [-0.39, 0.29) is 5.56 Å². The van der Waals surface area contributed by atoms with Gasteiger partial charge in [0.1, 0.15) is 0 Å². The van der Waals surface area contributed by atoms with Crippen LogP contribution in [0.15, 0.2) is 16.9 Å². The van der Waals surface area contributed by atoms with Gasteiger partial charge in [-0.2, -0.15) is 0 Å². The van der Waals surface area contributed by atoms with Gasteiger partial charge in [0.2, 0.25) is 0 Å². The number of benzene rings is 1. The Morgan fingerprint density at radius 1 is 1.33 bits per heavy atom. The van der Waals surface area contributed by atoms with Gasteiger partial charge in [-0.25, -0.2) is 0 Å². The van der Waals surface area contributed by atoms with Crippen LogP contribution in [-0.2, 0) is 0 Å². The van der Waals surface area contributed by atoms with Crippen molar-refractivity contribution in [3.63, 3.8) is 0 Å². The van der Waals surface area contributed by atoms with Crippen LogP contribution in [0.3, 0.4) is 0 Å². The quantitative estimate of drug-likeness (QED) is 0.642. The zero-order chi connectivity index (χ0) is 8.72. The summed E-state index contributed by atoms with van der Waals surface area (Å²) in [6.45, 7) is 1.86. The Labute approximate surface area is 73.3 Å². The largest absolute Gasteiger partial charge is 0.297 e. The molecule has 0 aliphatic carbocycles. The number of hydrogen-bond donors (Lipinski definition) is 2. The fourth-order valence-electron chi connectivity index (χ4n) is 1.33. The lowest BCUT2D eigenvalue weighted by Crippen LogP contribution is -1.98. The highest BCUT2D eigenvalue weighted by atomic mass is 35.5. The highest BCUT2D eigenvalue weighted by molar-refractivity contribution is 6.31. The Morgan fingerprint density at radius 2 is 2.08 bits per heavy atom. The lowest BCUT2D eigenvalue weighted by molar-refractivity contribution is 1.08. The summed E-state index contributed by atoms with van der Waals surface area (Å²) in [5.41, 5.74) is 1.55. The van der Waals surface area contributed by atoms with Gasteiger partial charge in [-0.15, -0.1) is 0 Å². The number of nitrogens with one attached hydrogen (secondary N) is 2. The van der Waals surface area contributed by atoms with Crippen LogP contribution in [-0.4, -0.2) is 10.2 Å². The molecule has 0 bridgehead atoms. The highest BCUT2D eigenvalue weighted by Gasteiger charge is 2.04. The van der Waals surface area contributed by atoms with Crippen LogP contribution in [0.5, 0.6) is 0 Å². The summed E-state index contributed by atoms with van der Waals surface area (Å²) in [7, 11) is 0. The van der Waals surface area contributed by atoms with Crippen molar-refractivity contribution in [2.75, 3.05) is 0 Å². The van der Waals surface area contributed by atoms with Crippen molar-refractivity contribution in [1.29, 1.82) is 0 Å². The van der Waals surface area contributed by atoms with Crippen molar-refractivity contribution in [2.45, 2.75) is 6.92 Å². The third-order valence-corrected chi connectivity index (χ3v) is 2.06. The lowest BCUT2D eigenvalue weighted by atomic mass is 10.1. The van der Waals surface area contributed by atoms with Crippen molar-refractivity contribution < 1.29 is 0 Å². The normalized spacial score (nSPS) is 10.8. The monoisotopic (exact) mass is 182 g/mol. The van der Waals surface area contributed by atoms with Gasteiger partial charge in [0, 0.05) is 5.02 Å². The maximum Gasteiger partial charge on any atom is 0.272 e. The van der Waals surface area contributed by atoms with Crippen LogP contribution >= 0.6 is 11.6 Å². The molecule has 2 N–H and O–H groups in total. The second kappa shape index (κ2) is 2.38.